The Morgan fingerprint density at radius 1 is 1.06 bits per heavy atom. The highest BCUT2D eigenvalue weighted by atomic mass is 16.5. The van der Waals surface area contributed by atoms with Crippen molar-refractivity contribution in [2.45, 2.75) is 45.7 Å². The van der Waals surface area contributed by atoms with Crippen LogP contribution in [0.4, 0.5) is 0 Å². The summed E-state index contributed by atoms with van der Waals surface area (Å²) in [6.07, 6.45) is 7.96. The summed E-state index contributed by atoms with van der Waals surface area (Å²) in [5, 5.41) is 0. The van der Waals surface area contributed by atoms with E-state index >= 15 is 0 Å². The minimum atomic E-state index is 0.294. The monoisotopic (exact) mass is 419 g/mol. The molecule has 4 rings (SSSR count). The summed E-state index contributed by atoms with van der Waals surface area (Å²) in [7, 11) is 1.68. The van der Waals surface area contributed by atoms with Crippen molar-refractivity contribution in [2.75, 3.05) is 26.8 Å². The minimum absolute atomic E-state index is 0.294. The lowest BCUT2D eigenvalue weighted by molar-refractivity contribution is 0.164. The van der Waals surface area contributed by atoms with Crippen molar-refractivity contribution in [3.05, 3.63) is 59.9 Å². The molecule has 0 N–H and O–H groups in total. The van der Waals surface area contributed by atoms with E-state index in [0.29, 0.717) is 12.6 Å². The Kier molecular flexibility index (Phi) is 6.92. The molecule has 1 aliphatic rings. The molecule has 2 heterocycles. The van der Waals surface area contributed by atoms with Gasteiger partial charge in [0.05, 0.1) is 30.7 Å². The summed E-state index contributed by atoms with van der Waals surface area (Å²) in [5.74, 6) is 2.65. The highest BCUT2D eigenvalue weighted by Gasteiger charge is 2.23. The maximum absolute atomic E-state index is 6.15. The number of likely N-dealkylation sites (tertiary alicyclic amines) is 1. The van der Waals surface area contributed by atoms with Crippen LogP contribution in [0.5, 0.6) is 11.5 Å². The molecule has 0 spiro atoms. The number of nitrogens with zero attached hydrogens (tertiary/aromatic N) is 3. The van der Waals surface area contributed by atoms with Gasteiger partial charge in [0.25, 0.3) is 0 Å². The van der Waals surface area contributed by atoms with Gasteiger partial charge in [-0.05, 0) is 69.6 Å². The molecule has 31 heavy (non-hydrogen) atoms. The number of ether oxygens (including phenoxy) is 2. The fraction of sp³-hybridized carbons (Fsp3) is 0.423. The van der Waals surface area contributed by atoms with Crippen LogP contribution in [0.15, 0.2) is 48.5 Å². The fourth-order valence-electron chi connectivity index (χ4n) is 4.46. The first-order valence-electron chi connectivity index (χ1n) is 11.3. The Bertz CT molecular complexity index is 1030. The first kappa shape index (κ1) is 21.4. The maximum Gasteiger partial charge on any atom is 0.161 e. The Labute approximate surface area is 185 Å². The highest BCUT2D eigenvalue weighted by Crippen LogP contribution is 2.30. The van der Waals surface area contributed by atoms with Gasteiger partial charge in [-0.1, -0.05) is 36.8 Å². The molecule has 3 aromatic rings. The summed E-state index contributed by atoms with van der Waals surface area (Å²) < 4.78 is 14.0. The van der Waals surface area contributed by atoms with Crippen molar-refractivity contribution in [3.63, 3.8) is 0 Å². The number of piperidine rings is 1. The molecule has 5 nitrogen and oxygen atoms in total. The largest absolute Gasteiger partial charge is 0.493 e. The zero-order chi connectivity index (χ0) is 21.6. The second kappa shape index (κ2) is 10.0. The van der Waals surface area contributed by atoms with Gasteiger partial charge in [0.15, 0.2) is 11.5 Å². The molecule has 0 bridgehead atoms. The van der Waals surface area contributed by atoms with Gasteiger partial charge < -0.3 is 14.0 Å². The van der Waals surface area contributed by atoms with Crippen molar-refractivity contribution in [1.29, 1.82) is 0 Å². The third-order valence-electron chi connectivity index (χ3n) is 6.12. The van der Waals surface area contributed by atoms with Crippen LogP contribution in [-0.2, 0) is 6.54 Å². The van der Waals surface area contributed by atoms with Crippen molar-refractivity contribution >= 4 is 17.1 Å². The van der Waals surface area contributed by atoms with Crippen LogP contribution in [0.2, 0.25) is 0 Å². The lowest BCUT2D eigenvalue weighted by Gasteiger charge is -2.32. The van der Waals surface area contributed by atoms with Gasteiger partial charge in [-0.2, -0.15) is 0 Å². The van der Waals surface area contributed by atoms with Crippen molar-refractivity contribution < 1.29 is 9.47 Å². The quantitative estimate of drug-likeness (QED) is 0.469. The normalized spacial score (nSPS) is 16.1. The summed E-state index contributed by atoms with van der Waals surface area (Å²) in [6, 6.07) is 14.7. The third-order valence-corrected chi connectivity index (χ3v) is 6.12. The second-order valence-electron chi connectivity index (χ2n) is 8.14. The van der Waals surface area contributed by atoms with Gasteiger partial charge >= 0.3 is 0 Å². The van der Waals surface area contributed by atoms with Crippen LogP contribution in [-0.4, -0.2) is 41.3 Å². The van der Waals surface area contributed by atoms with E-state index in [0.717, 1.165) is 48.0 Å². The molecule has 164 valence electrons. The van der Waals surface area contributed by atoms with E-state index in [9.17, 15) is 0 Å². The standard InChI is InChI=1S/C26H33N3O2/c1-4-10-21-13-14-24(25(19-21)30-3)31-18-17-29-23-12-7-6-11-22(23)27-26(29)20(2)28-15-8-5-9-16-28/h4,6-7,10-14,19-20H,5,8-9,15-18H2,1-3H3. The zero-order valence-electron chi connectivity index (χ0n) is 18.9. The van der Waals surface area contributed by atoms with Crippen molar-refractivity contribution in [3.8, 4) is 11.5 Å². The topological polar surface area (TPSA) is 39.5 Å². The molecule has 5 heteroatoms. The molecule has 1 atom stereocenters. The summed E-state index contributed by atoms with van der Waals surface area (Å²) in [6.45, 7) is 7.89. The Morgan fingerprint density at radius 3 is 2.65 bits per heavy atom. The number of rotatable bonds is 8. The Hall–Kier alpha value is -2.79. The summed E-state index contributed by atoms with van der Waals surface area (Å²) in [5.41, 5.74) is 3.32. The molecule has 0 amide bonds. The van der Waals surface area contributed by atoms with E-state index < -0.39 is 0 Å². The molecule has 1 aliphatic heterocycles. The van der Waals surface area contributed by atoms with Crippen molar-refractivity contribution in [1.82, 2.24) is 14.5 Å². The molecule has 1 aromatic heterocycles. The Morgan fingerprint density at radius 2 is 1.87 bits per heavy atom. The van der Waals surface area contributed by atoms with Crippen molar-refractivity contribution in [2.24, 2.45) is 0 Å². The van der Waals surface area contributed by atoms with E-state index in [2.05, 4.69) is 46.7 Å². The number of hydrogen-bond donors (Lipinski definition) is 0. The number of para-hydroxylation sites is 2. The van der Waals surface area contributed by atoms with E-state index in [-0.39, 0.29) is 0 Å². The zero-order valence-corrected chi connectivity index (χ0v) is 18.9. The predicted octanol–water partition coefficient (Wildman–Crippen LogP) is 5.70. The van der Waals surface area contributed by atoms with Gasteiger partial charge in [-0.25, -0.2) is 4.98 Å². The van der Waals surface area contributed by atoms with E-state index in [1.807, 2.05) is 31.2 Å². The first-order chi connectivity index (χ1) is 15.2. The summed E-state index contributed by atoms with van der Waals surface area (Å²) >= 11 is 0. The SMILES string of the molecule is CC=Cc1ccc(OCCn2c(C(C)N3CCCCC3)nc3ccccc32)c(OC)c1. The number of fused-ring (bicyclic) bond motifs is 1. The molecule has 1 unspecified atom stereocenters. The van der Waals surface area contributed by atoms with Crippen LogP contribution in [0.3, 0.4) is 0 Å². The second-order valence-corrected chi connectivity index (χ2v) is 8.14. The fourth-order valence-corrected chi connectivity index (χ4v) is 4.46. The molecular formula is C26H33N3O2. The van der Waals surface area contributed by atoms with Gasteiger partial charge in [-0.15, -0.1) is 0 Å². The third kappa shape index (κ3) is 4.77. The Balaban J connectivity index is 1.54. The van der Waals surface area contributed by atoms with E-state index in [1.54, 1.807) is 7.11 Å². The van der Waals surface area contributed by atoms with E-state index in [1.165, 1.54) is 24.8 Å². The van der Waals surface area contributed by atoms with Gasteiger partial charge in [0.2, 0.25) is 0 Å². The first-order valence-corrected chi connectivity index (χ1v) is 11.3. The average Bonchev–Trinajstić information content (AvgIpc) is 3.18. The molecule has 0 aliphatic carbocycles. The number of hydrogen-bond acceptors (Lipinski definition) is 4. The molecule has 0 saturated carbocycles. The molecule has 1 fully saturated rings. The van der Waals surface area contributed by atoms with Crippen LogP contribution in [0, 0.1) is 0 Å². The molecule has 2 aromatic carbocycles. The van der Waals surface area contributed by atoms with Crippen LogP contribution in [0.1, 0.15) is 50.5 Å². The van der Waals surface area contributed by atoms with Crippen LogP contribution < -0.4 is 9.47 Å². The van der Waals surface area contributed by atoms with E-state index in [4.69, 9.17) is 14.5 Å². The number of methoxy groups -OCH3 is 1. The van der Waals surface area contributed by atoms with Crippen LogP contribution >= 0.6 is 0 Å². The molecular weight excluding hydrogens is 386 g/mol. The number of imidazole rings is 1. The van der Waals surface area contributed by atoms with Gasteiger partial charge in [0.1, 0.15) is 12.4 Å². The smallest absolute Gasteiger partial charge is 0.161 e. The molecule has 0 radical (unpaired) electrons. The van der Waals surface area contributed by atoms with Crippen LogP contribution in [0.25, 0.3) is 17.1 Å². The number of aromatic nitrogens is 2. The summed E-state index contributed by atoms with van der Waals surface area (Å²) in [4.78, 5) is 7.57. The minimum Gasteiger partial charge on any atom is -0.493 e. The highest BCUT2D eigenvalue weighted by molar-refractivity contribution is 5.76. The number of allylic oxidation sites excluding steroid dienone is 1. The predicted molar refractivity (Wildman–Crippen MR) is 127 cm³/mol. The average molecular weight is 420 g/mol. The molecule has 1 saturated heterocycles. The lowest BCUT2D eigenvalue weighted by atomic mass is 10.1. The lowest BCUT2D eigenvalue weighted by Crippen LogP contribution is -2.34. The van der Waals surface area contributed by atoms with Gasteiger partial charge in [0, 0.05) is 0 Å². The maximum atomic E-state index is 6.15. The van der Waals surface area contributed by atoms with Gasteiger partial charge in [-0.3, -0.25) is 4.90 Å². The number of benzene rings is 2.